The number of morpholine rings is 1. The van der Waals surface area contributed by atoms with E-state index in [-0.39, 0.29) is 11.9 Å². The van der Waals surface area contributed by atoms with Crippen LogP contribution >= 0.6 is 0 Å². The third kappa shape index (κ3) is 4.59. The van der Waals surface area contributed by atoms with E-state index in [0.717, 1.165) is 37.4 Å². The summed E-state index contributed by atoms with van der Waals surface area (Å²) in [4.78, 5) is 15.4. The van der Waals surface area contributed by atoms with E-state index in [9.17, 15) is 10.1 Å². The summed E-state index contributed by atoms with van der Waals surface area (Å²) < 4.78 is 5.46. The number of ether oxygens (including phenoxy) is 1. The molecular weight excluding hydrogens is 350 g/mol. The van der Waals surface area contributed by atoms with Crippen molar-refractivity contribution in [2.75, 3.05) is 32.8 Å². The van der Waals surface area contributed by atoms with Gasteiger partial charge in [-0.05, 0) is 23.6 Å². The fourth-order valence-corrected chi connectivity index (χ4v) is 3.72. The van der Waals surface area contributed by atoms with Crippen LogP contribution in [0, 0.1) is 17.2 Å². The van der Waals surface area contributed by atoms with Crippen molar-refractivity contribution in [2.24, 2.45) is 5.92 Å². The standard InChI is InChI=1S/C23H27N3O2/c1-17(2)22(26-11-13-28-14-12-26)16-25-23(27)21-10-6-5-9-20(21)19-8-4-3-7-18(19)15-24/h3-10,17,22H,11-14,16H2,1-2H3,(H,25,27). The number of carbonyl (C=O) groups excluding carboxylic acids is 1. The number of carbonyl (C=O) groups is 1. The summed E-state index contributed by atoms with van der Waals surface area (Å²) in [7, 11) is 0. The van der Waals surface area contributed by atoms with Crippen LogP contribution in [0.1, 0.15) is 29.8 Å². The van der Waals surface area contributed by atoms with Crippen LogP contribution in [0.3, 0.4) is 0 Å². The average molecular weight is 377 g/mol. The van der Waals surface area contributed by atoms with Gasteiger partial charge < -0.3 is 10.1 Å². The lowest BCUT2D eigenvalue weighted by Gasteiger charge is -2.37. The molecule has 1 amide bonds. The van der Waals surface area contributed by atoms with Crippen molar-refractivity contribution >= 4 is 5.91 Å². The molecule has 1 atom stereocenters. The summed E-state index contributed by atoms with van der Waals surface area (Å²) in [5.41, 5.74) is 2.72. The molecule has 0 aromatic heterocycles. The van der Waals surface area contributed by atoms with Crippen LogP contribution in [0.15, 0.2) is 48.5 Å². The molecule has 0 saturated carbocycles. The summed E-state index contributed by atoms with van der Waals surface area (Å²) >= 11 is 0. The topological polar surface area (TPSA) is 65.4 Å². The highest BCUT2D eigenvalue weighted by Gasteiger charge is 2.25. The van der Waals surface area contributed by atoms with E-state index < -0.39 is 0 Å². The molecule has 1 saturated heterocycles. The van der Waals surface area contributed by atoms with Gasteiger partial charge in [0, 0.05) is 36.8 Å². The zero-order valence-corrected chi connectivity index (χ0v) is 16.5. The molecule has 2 aromatic carbocycles. The molecule has 0 radical (unpaired) electrons. The molecule has 1 heterocycles. The monoisotopic (exact) mass is 377 g/mol. The lowest BCUT2D eigenvalue weighted by atomic mass is 9.95. The Morgan fingerprint density at radius 3 is 2.43 bits per heavy atom. The highest BCUT2D eigenvalue weighted by atomic mass is 16.5. The first kappa shape index (κ1) is 20.1. The summed E-state index contributed by atoms with van der Waals surface area (Å²) in [5.74, 6) is 0.315. The quantitative estimate of drug-likeness (QED) is 0.839. The van der Waals surface area contributed by atoms with Crippen LogP contribution in [0.5, 0.6) is 0 Å². The minimum absolute atomic E-state index is 0.109. The average Bonchev–Trinajstić information content (AvgIpc) is 2.74. The van der Waals surface area contributed by atoms with Gasteiger partial charge in [-0.3, -0.25) is 9.69 Å². The molecule has 0 aliphatic carbocycles. The van der Waals surface area contributed by atoms with Crippen LogP contribution in [-0.2, 0) is 4.74 Å². The molecule has 3 rings (SSSR count). The minimum atomic E-state index is -0.109. The number of nitrogens with zero attached hydrogens (tertiary/aromatic N) is 2. The molecule has 1 unspecified atom stereocenters. The first-order valence-corrected chi connectivity index (χ1v) is 9.80. The SMILES string of the molecule is CC(C)C(CNC(=O)c1ccccc1-c1ccccc1C#N)N1CCOCC1. The maximum absolute atomic E-state index is 13.0. The molecule has 2 aromatic rings. The predicted molar refractivity (Wildman–Crippen MR) is 110 cm³/mol. The Labute approximate surface area is 166 Å². The van der Waals surface area contributed by atoms with Crippen LogP contribution in [0.25, 0.3) is 11.1 Å². The van der Waals surface area contributed by atoms with Crippen LogP contribution in [0.4, 0.5) is 0 Å². The van der Waals surface area contributed by atoms with Crippen LogP contribution in [-0.4, -0.2) is 49.7 Å². The highest BCUT2D eigenvalue weighted by molar-refractivity contribution is 6.01. The summed E-state index contributed by atoms with van der Waals surface area (Å²) in [5, 5.41) is 12.5. The number of amides is 1. The van der Waals surface area contributed by atoms with Crippen molar-refractivity contribution in [2.45, 2.75) is 19.9 Å². The molecule has 0 bridgehead atoms. The summed E-state index contributed by atoms with van der Waals surface area (Å²) in [6.45, 7) is 8.23. The molecule has 5 heteroatoms. The van der Waals surface area contributed by atoms with Crippen molar-refractivity contribution in [1.82, 2.24) is 10.2 Å². The molecule has 0 spiro atoms. The van der Waals surface area contributed by atoms with Gasteiger partial charge in [0.05, 0.1) is 24.8 Å². The Bertz CT molecular complexity index is 851. The van der Waals surface area contributed by atoms with Crippen molar-refractivity contribution < 1.29 is 9.53 Å². The Morgan fingerprint density at radius 1 is 1.11 bits per heavy atom. The van der Waals surface area contributed by atoms with Crippen molar-refractivity contribution in [3.05, 3.63) is 59.7 Å². The van der Waals surface area contributed by atoms with E-state index in [2.05, 4.69) is 30.1 Å². The lowest BCUT2D eigenvalue weighted by molar-refractivity contribution is 0.00673. The Morgan fingerprint density at radius 2 is 1.75 bits per heavy atom. The van der Waals surface area contributed by atoms with Crippen LogP contribution < -0.4 is 5.32 Å². The van der Waals surface area contributed by atoms with Gasteiger partial charge in [0.15, 0.2) is 0 Å². The summed E-state index contributed by atoms with van der Waals surface area (Å²) in [6, 6.07) is 17.3. The number of hydrogen-bond acceptors (Lipinski definition) is 4. The lowest BCUT2D eigenvalue weighted by Crippen LogP contribution is -2.51. The van der Waals surface area contributed by atoms with E-state index in [0.29, 0.717) is 23.6 Å². The molecule has 1 fully saturated rings. The number of hydrogen-bond donors (Lipinski definition) is 1. The molecule has 1 N–H and O–H groups in total. The van der Waals surface area contributed by atoms with Gasteiger partial charge in [-0.15, -0.1) is 0 Å². The maximum Gasteiger partial charge on any atom is 0.251 e. The molecule has 1 aliphatic heterocycles. The molecular formula is C23H27N3O2. The second kappa shape index (κ2) is 9.50. The van der Waals surface area contributed by atoms with Gasteiger partial charge >= 0.3 is 0 Å². The van der Waals surface area contributed by atoms with Gasteiger partial charge in [0.25, 0.3) is 5.91 Å². The molecule has 28 heavy (non-hydrogen) atoms. The smallest absolute Gasteiger partial charge is 0.251 e. The van der Waals surface area contributed by atoms with Crippen molar-refractivity contribution in [1.29, 1.82) is 5.26 Å². The van der Waals surface area contributed by atoms with Gasteiger partial charge in [0.2, 0.25) is 0 Å². The predicted octanol–water partition coefficient (Wildman–Crippen LogP) is 3.31. The third-order valence-corrected chi connectivity index (χ3v) is 5.27. The van der Waals surface area contributed by atoms with Crippen LogP contribution in [0.2, 0.25) is 0 Å². The maximum atomic E-state index is 13.0. The van der Waals surface area contributed by atoms with Gasteiger partial charge in [-0.25, -0.2) is 0 Å². The van der Waals surface area contributed by atoms with E-state index in [1.54, 1.807) is 6.07 Å². The number of nitrogens with one attached hydrogen (secondary N) is 1. The van der Waals surface area contributed by atoms with Crippen molar-refractivity contribution in [3.63, 3.8) is 0 Å². The number of rotatable bonds is 6. The fraction of sp³-hybridized carbons (Fsp3) is 0.391. The number of benzene rings is 2. The Kier molecular flexibility index (Phi) is 6.80. The first-order chi connectivity index (χ1) is 13.6. The zero-order chi connectivity index (χ0) is 19.9. The first-order valence-electron chi connectivity index (χ1n) is 9.80. The largest absolute Gasteiger partial charge is 0.379 e. The molecule has 1 aliphatic rings. The van der Waals surface area contributed by atoms with E-state index in [4.69, 9.17) is 4.74 Å². The Hall–Kier alpha value is -2.68. The zero-order valence-electron chi connectivity index (χ0n) is 16.5. The van der Waals surface area contributed by atoms with Gasteiger partial charge in [-0.1, -0.05) is 50.2 Å². The van der Waals surface area contributed by atoms with Gasteiger partial charge in [0.1, 0.15) is 0 Å². The summed E-state index contributed by atoms with van der Waals surface area (Å²) in [6.07, 6.45) is 0. The highest BCUT2D eigenvalue weighted by Crippen LogP contribution is 2.27. The van der Waals surface area contributed by atoms with E-state index >= 15 is 0 Å². The number of nitriles is 1. The van der Waals surface area contributed by atoms with Gasteiger partial charge in [-0.2, -0.15) is 5.26 Å². The second-order valence-corrected chi connectivity index (χ2v) is 7.37. The minimum Gasteiger partial charge on any atom is -0.379 e. The van der Waals surface area contributed by atoms with E-state index in [1.807, 2.05) is 42.5 Å². The normalized spacial score (nSPS) is 15.8. The van der Waals surface area contributed by atoms with Crippen molar-refractivity contribution in [3.8, 4) is 17.2 Å². The third-order valence-electron chi connectivity index (χ3n) is 5.27. The Balaban J connectivity index is 1.79. The molecule has 5 nitrogen and oxygen atoms in total. The second-order valence-electron chi connectivity index (χ2n) is 7.37. The molecule has 146 valence electrons. The van der Waals surface area contributed by atoms with E-state index in [1.165, 1.54) is 0 Å². The fourth-order valence-electron chi connectivity index (χ4n) is 3.72.